The molecule has 1 saturated heterocycles. The van der Waals surface area contributed by atoms with Crippen molar-refractivity contribution >= 4 is 5.91 Å². The molecule has 122 valence electrons. The highest BCUT2D eigenvalue weighted by Gasteiger charge is 2.26. The van der Waals surface area contributed by atoms with Gasteiger partial charge in [0.25, 0.3) is 0 Å². The number of amides is 1. The molecule has 0 atom stereocenters. The summed E-state index contributed by atoms with van der Waals surface area (Å²) in [5, 5.41) is 3.01. The largest absolute Gasteiger partial charge is 0.351 e. The van der Waals surface area contributed by atoms with E-state index in [1.807, 2.05) is 0 Å². The lowest BCUT2D eigenvalue weighted by molar-refractivity contribution is -0.123. The molecule has 22 heavy (non-hydrogen) atoms. The highest BCUT2D eigenvalue weighted by atomic mass is 16.2. The van der Waals surface area contributed by atoms with E-state index in [1.54, 1.807) is 0 Å². The zero-order valence-corrected chi connectivity index (χ0v) is 14.4. The molecular formula is C18H29N3O. The third-order valence-corrected chi connectivity index (χ3v) is 4.30. The van der Waals surface area contributed by atoms with Crippen molar-refractivity contribution in [3.63, 3.8) is 0 Å². The summed E-state index contributed by atoms with van der Waals surface area (Å²) >= 11 is 0. The van der Waals surface area contributed by atoms with Crippen molar-refractivity contribution in [2.75, 3.05) is 32.7 Å². The van der Waals surface area contributed by atoms with Gasteiger partial charge in [-0.25, -0.2) is 0 Å². The molecule has 1 amide bonds. The van der Waals surface area contributed by atoms with E-state index in [2.05, 4.69) is 67.1 Å². The Morgan fingerprint density at radius 3 is 2.23 bits per heavy atom. The number of rotatable bonds is 4. The summed E-state index contributed by atoms with van der Waals surface area (Å²) in [5.41, 5.74) is 2.61. The van der Waals surface area contributed by atoms with Gasteiger partial charge in [-0.15, -0.1) is 0 Å². The van der Waals surface area contributed by atoms with Crippen LogP contribution in [-0.4, -0.2) is 54.0 Å². The summed E-state index contributed by atoms with van der Waals surface area (Å²) in [4.78, 5) is 16.8. The first-order valence-corrected chi connectivity index (χ1v) is 8.14. The van der Waals surface area contributed by atoms with Gasteiger partial charge in [-0.1, -0.05) is 29.8 Å². The van der Waals surface area contributed by atoms with Crippen LogP contribution in [0.15, 0.2) is 24.3 Å². The number of piperazine rings is 1. The van der Waals surface area contributed by atoms with Crippen molar-refractivity contribution in [1.29, 1.82) is 0 Å². The molecular weight excluding hydrogens is 274 g/mol. The van der Waals surface area contributed by atoms with Gasteiger partial charge in [0.05, 0.1) is 6.54 Å². The van der Waals surface area contributed by atoms with Gasteiger partial charge in [0.15, 0.2) is 0 Å². The second-order valence-corrected chi connectivity index (χ2v) is 7.20. The SMILES string of the molecule is Cc1ccc(CNC(=O)CN2CCN(C(C)(C)C)CC2)cc1. The number of nitrogens with zero attached hydrogens (tertiary/aromatic N) is 2. The third kappa shape index (κ3) is 5.11. The number of benzene rings is 1. The van der Waals surface area contributed by atoms with Gasteiger partial charge in [0.1, 0.15) is 0 Å². The Morgan fingerprint density at radius 2 is 1.68 bits per heavy atom. The molecule has 1 aromatic rings. The van der Waals surface area contributed by atoms with Crippen LogP contribution in [0.3, 0.4) is 0 Å². The monoisotopic (exact) mass is 303 g/mol. The molecule has 0 bridgehead atoms. The highest BCUT2D eigenvalue weighted by molar-refractivity contribution is 5.78. The first-order valence-electron chi connectivity index (χ1n) is 8.14. The third-order valence-electron chi connectivity index (χ3n) is 4.30. The predicted octanol–water partition coefficient (Wildman–Crippen LogP) is 2.03. The number of hydrogen-bond donors (Lipinski definition) is 1. The molecule has 0 saturated carbocycles. The Kier molecular flexibility index (Phi) is 5.59. The van der Waals surface area contributed by atoms with Crippen molar-refractivity contribution in [1.82, 2.24) is 15.1 Å². The van der Waals surface area contributed by atoms with E-state index < -0.39 is 0 Å². The van der Waals surface area contributed by atoms with Gasteiger partial charge in [0.2, 0.25) is 5.91 Å². The van der Waals surface area contributed by atoms with Gasteiger partial charge in [-0.05, 0) is 33.3 Å². The minimum Gasteiger partial charge on any atom is -0.351 e. The normalized spacial score (nSPS) is 17.5. The Balaban J connectivity index is 1.71. The summed E-state index contributed by atoms with van der Waals surface area (Å²) in [6.07, 6.45) is 0. The summed E-state index contributed by atoms with van der Waals surface area (Å²) in [6, 6.07) is 8.29. The first kappa shape index (κ1) is 17.0. The van der Waals surface area contributed by atoms with Crippen LogP contribution in [0.5, 0.6) is 0 Å². The quantitative estimate of drug-likeness (QED) is 0.924. The Morgan fingerprint density at radius 1 is 1.09 bits per heavy atom. The molecule has 0 radical (unpaired) electrons. The highest BCUT2D eigenvalue weighted by Crippen LogP contribution is 2.15. The predicted molar refractivity (Wildman–Crippen MR) is 90.8 cm³/mol. The smallest absolute Gasteiger partial charge is 0.234 e. The molecule has 2 rings (SSSR count). The molecule has 4 nitrogen and oxygen atoms in total. The second-order valence-electron chi connectivity index (χ2n) is 7.20. The molecule has 1 heterocycles. The first-order chi connectivity index (χ1) is 10.3. The second kappa shape index (κ2) is 7.25. The van der Waals surface area contributed by atoms with Crippen molar-refractivity contribution in [3.8, 4) is 0 Å². The minimum absolute atomic E-state index is 0.116. The number of hydrogen-bond acceptors (Lipinski definition) is 3. The molecule has 0 unspecified atom stereocenters. The lowest BCUT2D eigenvalue weighted by atomic mass is 10.1. The molecule has 1 aliphatic rings. The van der Waals surface area contributed by atoms with Crippen LogP contribution in [0.4, 0.5) is 0 Å². The summed E-state index contributed by atoms with van der Waals surface area (Å²) < 4.78 is 0. The fourth-order valence-corrected chi connectivity index (χ4v) is 2.74. The fraction of sp³-hybridized carbons (Fsp3) is 0.611. The average Bonchev–Trinajstić information content (AvgIpc) is 2.46. The maximum atomic E-state index is 12.1. The van der Waals surface area contributed by atoms with Crippen LogP contribution >= 0.6 is 0 Å². The zero-order chi connectivity index (χ0) is 16.2. The maximum Gasteiger partial charge on any atom is 0.234 e. The van der Waals surface area contributed by atoms with Gasteiger partial charge >= 0.3 is 0 Å². The Hall–Kier alpha value is -1.39. The van der Waals surface area contributed by atoms with Gasteiger partial charge in [0, 0.05) is 38.3 Å². The van der Waals surface area contributed by atoms with E-state index in [1.165, 1.54) is 5.56 Å². The lowest BCUT2D eigenvalue weighted by Gasteiger charge is -2.42. The van der Waals surface area contributed by atoms with E-state index in [0.717, 1.165) is 31.7 Å². The molecule has 0 aromatic heterocycles. The maximum absolute atomic E-state index is 12.1. The Bertz CT molecular complexity index is 482. The molecule has 1 N–H and O–H groups in total. The number of nitrogens with one attached hydrogen (secondary N) is 1. The minimum atomic E-state index is 0.116. The number of carbonyl (C=O) groups excluding carboxylic acids is 1. The number of aryl methyl sites for hydroxylation is 1. The Labute approximate surface area is 134 Å². The van der Waals surface area contributed by atoms with Crippen molar-refractivity contribution in [3.05, 3.63) is 35.4 Å². The van der Waals surface area contributed by atoms with Crippen LogP contribution in [0.25, 0.3) is 0 Å². The average molecular weight is 303 g/mol. The fourth-order valence-electron chi connectivity index (χ4n) is 2.74. The van der Waals surface area contributed by atoms with E-state index in [-0.39, 0.29) is 11.4 Å². The zero-order valence-electron chi connectivity index (χ0n) is 14.4. The molecule has 0 spiro atoms. The standard InChI is InChI=1S/C18H29N3O/c1-15-5-7-16(8-6-15)13-19-17(22)14-20-9-11-21(12-10-20)18(2,3)4/h5-8H,9-14H2,1-4H3,(H,19,22). The molecule has 1 aliphatic heterocycles. The van der Waals surface area contributed by atoms with Crippen LogP contribution in [-0.2, 0) is 11.3 Å². The molecule has 1 fully saturated rings. The molecule has 0 aliphatic carbocycles. The van der Waals surface area contributed by atoms with Crippen LogP contribution < -0.4 is 5.32 Å². The summed E-state index contributed by atoms with van der Waals surface area (Å²) in [7, 11) is 0. The van der Waals surface area contributed by atoms with Crippen LogP contribution in [0.2, 0.25) is 0 Å². The topological polar surface area (TPSA) is 35.6 Å². The number of carbonyl (C=O) groups is 1. The van der Waals surface area contributed by atoms with E-state index in [0.29, 0.717) is 13.1 Å². The summed E-state index contributed by atoms with van der Waals surface area (Å²) in [5.74, 6) is 0.116. The van der Waals surface area contributed by atoms with E-state index in [9.17, 15) is 4.79 Å². The van der Waals surface area contributed by atoms with Gasteiger partial charge in [-0.3, -0.25) is 14.6 Å². The van der Waals surface area contributed by atoms with Crippen molar-refractivity contribution < 1.29 is 4.79 Å². The van der Waals surface area contributed by atoms with Crippen molar-refractivity contribution in [2.45, 2.75) is 39.8 Å². The lowest BCUT2D eigenvalue weighted by Crippen LogP contribution is -2.54. The molecule has 4 heteroatoms. The van der Waals surface area contributed by atoms with Gasteiger partial charge in [-0.2, -0.15) is 0 Å². The van der Waals surface area contributed by atoms with Gasteiger partial charge < -0.3 is 5.32 Å². The van der Waals surface area contributed by atoms with Crippen LogP contribution in [0, 0.1) is 6.92 Å². The molecule has 1 aromatic carbocycles. The summed E-state index contributed by atoms with van der Waals surface area (Å²) in [6.45, 7) is 13.9. The van der Waals surface area contributed by atoms with Crippen molar-refractivity contribution in [2.24, 2.45) is 0 Å². The van der Waals surface area contributed by atoms with E-state index >= 15 is 0 Å². The van der Waals surface area contributed by atoms with Crippen LogP contribution in [0.1, 0.15) is 31.9 Å². The van der Waals surface area contributed by atoms with E-state index in [4.69, 9.17) is 0 Å².